The smallest absolute Gasteiger partial charge is 0.123 e. The van der Waals surface area contributed by atoms with Gasteiger partial charge in [0.25, 0.3) is 0 Å². The molecule has 0 amide bonds. The van der Waals surface area contributed by atoms with Crippen LogP contribution >= 0.6 is 15.9 Å². The van der Waals surface area contributed by atoms with Gasteiger partial charge in [-0.25, -0.2) is 4.39 Å². The molecule has 1 heterocycles. The Morgan fingerprint density at radius 2 is 2.14 bits per heavy atom. The highest BCUT2D eigenvalue weighted by Gasteiger charge is 2.06. The lowest BCUT2D eigenvalue weighted by Gasteiger charge is -2.04. The second kappa shape index (κ2) is 3.71. The molecule has 0 aliphatic heterocycles. The molecule has 2 N–H and O–H groups in total. The average molecular weight is 257 g/mol. The predicted molar refractivity (Wildman–Crippen MR) is 58.7 cm³/mol. The van der Waals surface area contributed by atoms with Gasteiger partial charge >= 0.3 is 0 Å². The first kappa shape index (κ1) is 9.68. The molecular weight excluding hydrogens is 247 g/mol. The minimum atomic E-state index is -0.213. The van der Waals surface area contributed by atoms with Crippen LogP contribution in [0, 0.1) is 5.82 Å². The van der Waals surface area contributed by atoms with Crippen molar-refractivity contribution in [1.82, 2.24) is 4.57 Å². The zero-order chi connectivity index (χ0) is 10.1. The van der Waals surface area contributed by atoms with E-state index in [4.69, 9.17) is 5.73 Å². The lowest BCUT2D eigenvalue weighted by atomic mass is 10.2. The van der Waals surface area contributed by atoms with Gasteiger partial charge in [-0.05, 0) is 40.2 Å². The summed E-state index contributed by atoms with van der Waals surface area (Å²) in [5, 5.41) is 0.894. The molecule has 0 aliphatic carbocycles. The molecular formula is C10H10BrFN2. The van der Waals surface area contributed by atoms with Crippen LogP contribution in [0.4, 0.5) is 4.39 Å². The summed E-state index contributed by atoms with van der Waals surface area (Å²) in [6.45, 7) is 1.30. The van der Waals surface area contributed by atoms with Gasteiger partial charge in [-0.2, -0.15) is 0 Å². The Morgan fingerprint density at radius 3 is 2.86 bits per heavy atom. The Labute approximate surface area is 89.6 Å². The van der Waals surface area contributed by atoms with E-state index in [0.29, 0.717) is 6.54 Å². The van der Waals surface area contributed by atoms with E-state index in [-0.39, 0.29) is 5.82 Å². The van der Waals surface area contributed by atoms with Gasteiger partial charge in [0.2, 0.25) is 0 Å². The molecule has 0 saturated carbocycles. The maximum absolute atomic E-state index is 12.9. The summed E-state index contributed by atoms with van der Waals surface area (Å²) in [6, 6.07) is 6.65. The fourth-order valence-electron chi connectivity index (χ4n) is 1.56. The number of aromatic nitrogens is 1. The van der Waals surface area contributed by atoms with Crippen molar-refractivity contribution in [2.75, 3.05) is 6.54 Å². The zero-order valence-electron chi connectivity index (χ0n) is 7.50. The summed E-state index contributed by atoms with van der Waals surface area (Å²) in [6.07, 6.45) is 0. The van der Waals surface area contributed by atoms with Gasteiger partial charge in [-0.1, -0.05) is 0 Å². The van der Waals surface area contributed by atoms with Crippen LogP contribution in [0.25, 0.3) is 10.9 Å². The van der Waals surface area contributed by atoms with E-state index >= 15 is 0 Å². The molecule has 0 saturated heterocycles. The molecule has 0 unspecified atom stereocenters. The van der Waals surface area contributed by atoms with Crippen LogP contribution in [-0.4, -0.2) is 11.1 Å². The molecule has 2 nitrogen and oxygen atoms in total. The number of hydrogen-bond donors (Lipinski definition) is 1. The molecule has 0 spiro atoms. The van der Waals surface area contributed by atoms with E-state index in [2.05, 4.69) is 15.9 Å². The largest absolute Gasteiger partial charge is 0.334 e. The highest BCUT2D eigenvalue weighted by Crippen LogP contribution is 2.24. The molecule has 4 heteroatoms. The van der Waals surface area contributed by atoms with Crippen LogP contribution in [0.2, 0.25) is 0 Å². The van der Waals surface area contributed by atoms with Gasteiger partial charge in [0.1, 0.15) is 5.82 Å². The molecule has 0 fully saturated rings. The second-order valence-corrected chi connectivity index (χ2v) is 3.92. The normalized spacial score (nSPS) is 11.1. The monoisotopic (exact) mass is 256 g/mol. The lowest BCUT2D eigenvalue weighted by Crippen LogP contribution is -2.09. The first-order valence-electron chi connectivity index (χ1n) is 4.37. The van der Waals surface area contributed by atoms with E-state index in [1.54, 1.807) is 6.07 Å². The van der Waals surface area contributed by atoms with Crippen LogP contribution in [-0.2, 0) is 6.54 Å². The van der Waals surface area contributed by atoms with Gasteiger partial charge in [0.05, 0.1) is 4.60 Å². The number of benzene rings is 1. The first-order valence-corrected chi connectivity index (χ1v) is 5.16. The fraction of sp³-hybridized carbons (Fsp3) is 0.200. The summed E-state index contributed by atoms with van der Waals surface area (Å²) in [5.41, 5.74) is 6.50. The fourth-order valence-corrected chi connectivity index (χ4v) is 2.18. The van der Waals surface area contributed by atoms with Crippen LogP contribution in [0.15, 0.2) is 28.9 Å². The third-order valence-electron chi connectivity index (χ3n) is 2.17. The third kappa shape index (κ3) is 1.55. The summed E-state index contributed by atoms with van der Waals surface area (Å²) < 4.78 is 15.9. The Hall–Kier alpha value is -0.870. The molecule has 14 heavy (non-hydrogen) atoms. The number of rotatable bonds is 2. The quantitative estimate of drug-likeness (QED) is 0.880. The SMILES string of the molecule is NCCn1c(Br)cc2cc(F)ccc21. The summed E-state index contributed by atoms with van der Waals surface area (Å²) in [4.78, 5) is 0. The molecule has 74 valence electrons. The third-order valence-corrected chi connectivity index (χ3v) is 2.82. The summed E-state index contributed by atoms with van der Waals surface area (Å²) in [5.74, 6) is -0.213. The Bertz CT molecular complexity index is 464. The van der Waals surface area contributed by atoms with Crippen molar-refractivity contribution in [3.63, 3.8) is 0 Å². The molecule has 0 aliphatic rings. The van der Waals surface area contributed by atoms with E-state index in [9.17, 15) is 4.39 Å². The van der Waals surface area contributed by atoms with Crippen molar-refractivity contribution in [3.05, 3.63) is 34.7 Å². The maximum Gasteiger partial charge on any atom is 0.123 e. The zero-order valence-corrected chi connectivity index (χ0v) is 9.09. The molecule has 0 atom stereocenters. The van der Waals surface area contributed by atoms with E-state index in [1.165, 1.54) is 12.1 Å². The van der Waals surface area contributed by atoms with Crippen molar-refractivity contribution in [2.45, 2.75) is 6.54 Å². The Morgan fingerprint density at radius 1 is 1.36 bits per heavy atom. The van der Waals surface area contributed by atoms with E-state index in [0.717, 1.165) is 22.1 Å². The number of nitrogens with two attached hydrogens (primary N) is 1. The van der Waals surface area contributed by atoms with Crippen LogP contribution in [0.1, 0.15) is 0 Å². The number of halogens is 2. The van der Waals surface area contributed by atoms with Crippen LogP contribution < -0.4 is 5.73 Å². The molecule has 1 aromatic heterocycles. The van der Waals surface area contributed by atoms with Gasteiger partial charge in [-0.3, -0.25) is 0 Å². The van der Waals surface area contributed by atoms with Gasteiger partial charge in [-0.15, -0.1) is 0 Å². The minimum absolute atomic E-state index is 0.213. The minimum Gasteiger partial charge on any atom is -0.334 e. The number of hydrogen-bond acceptors (Lipinski definition) is 1. The molecule has 2 aromatic rings. The molecule has 0 bridgehead atoms. The summed E-state index contributed by atoms with van der Waals surface area (Å²) in [7, 11) is 0. The van der Waals surface area contributed by atoms with Crippen LogP contribution in [0.3, 0.4) is 0 Å². The highest BCUT2D eigenvalue weighted by molar-refractivity contribution is 9.10. The summed E-state index contributed by atoms with van der Waals surface area (Å²) >= 11 is 3.42. The van der Waals surface area contributed by atoms with Gasteiger partial charge < -0.3 is 10.3 Å². The lowest BCUT2D eigenvalue weighted by molar-refractivity contribution is 0.629. The van der Waals surface area contributed by atoms with E-state index in [1.807, 2.05) is 10.6 Å². The second-order valence-electron chi connectivity index (χ2n) is 3.11. The predicted octanol–water partition coefficient (Wildman–Crippen LogP) is 2.50. The highest BCUT2D eigenvalue weighted by atomic mass is 79.9. The van der Waals surface area contributed by atoms with Crippen molar-refractivity contribution in [3.8, 4) is 0 Å². The molecule has 1 aromatic carbocycles. The average Bonchev–Trinajstić information content (AvgIpc) is 2.43. The van der Waals surface area contributed by atoms with Crippen molar-refractivity contribution in [2.24, 2.45) is 5.73 Å². The number of nitrogens with zero attached hydrogens (tertiary/aromatic N) is 1. The van der Waals surface area contributed by atoms with Crippen molar-refractivity contribution >= 4 is 26.8 Å². The molecule has 0 radical (unpaired) electrons. The van der Waals surface area contributed by atoms with Gasteiger partial charge in [0.15, 0.2) is 0 Å². The Kier molecular flexibility index (Phi) is 2.56. The first-order chi connectivity index (χ1) is 6.72. The number of fused-ring (bicyclic) bond motifs is 1. The Balaban J connectivity index is 2.64. The topological polar surface area (TPSA) is 30.9 Å². The van der Waals surface area contributed by atoms with E-state index < -0.39 is 0 Å². The molecule has 2 rings (SSSR count). The maximum atomic E-state index is 12.9. The van der Waals surface area contributed by atoms with Crippen molar-refractivity contribution < 1.29 is 4.39 Å². The van der Waals surface area contributed by atoms with Gasteiger partial charge in [0, 0.05) is 24.0 Å². The van der Waals surface area contributed by atoms with Crippen LogP contribution in [0.5, 0.6) is 0 Å². The standard InChI is InChI=1S/C10H10BrFN2/c11-10-6-7-5-8(12)1-2-9(7)14(10)4-3-13/h1-2,5-6H,3-4,13H2. The van der Waals surface area contributed by atoms with Crippen molar-refractivity contribution in [1.29, 1.82) is 0 Å².